The van der Waals surface area contributed by atoms with Crippen LogP contribution in [0.3, 0.4) is 0 Å². The fourth-order valence-corrected chi connectivity index (χ4v) is 4.59. The number of aliphatic hydroxyl groups is 1. The highest BCUT2D eigenvalue weighted by Gasteiger charge is 2.16. The van der Waals surface area contributed by atoms with Crippen molar-refractivity contribution >= 4 is 22.5 Å². The fourth-order valence-electron chi connectivity index (χ4n) is 3.59. The average Bonchev–Trinajstić information content (AvgIpc) is 3.38. The Kier molecular flexibility index (Phi) is 4.87. The molecule has 0 spiro atoms. The third-order valence-corrected chi connectivity index (χ3v) is 6.12. The van der Waals surface area contributed by atoms with E-state index in [0.29, 0.717) is 6.54 Å². The third kappa shape index (κ3) is 3.57. The lowest BCUT2D eigenvalue weighted by Crippen LogP contribution is -2.06. The van der Waals surface area contributed by atoms with Crippen molar-refractivity contribution in [3.8, 4) is 11.5 Å². The highest BCUT2D eigenvalue weighted by Crippen LogP contribution is 2.33. The van der Waals surface area contributed by atoms with E-state index in [1.165, 1.54) is 16.3 Å². The van der Waals surface area contributed by atoms with Crippen molar-refractivity contribution in [3.05, 3.63) is 83.7 Å². The van der Waals surface area contributed by atoms with Gasteiger partial charge in [-0.3, -0.25) is 0 Å². The Labute approximate surface area is 172 Å². The Hall–Kier alpha value is -2.96. The molecule has 29 heavy (non-hydrogen) atoms. The Morgan fingerprint density at radius 1 is 1.00 bits per heavy atom. The number of rotatable bonds is 6. The molecule has 0 saturated heterocycles. The average molecular weight is 404 g/mol. The van der Waals surface area contributed by atoms with Crippen molar-refractivity contribution in [2.75, 3.05) is 6.79 Å². The molecule has 5 nitrogen and oxygen atoms in total. The van der Waals surface area contributed by atoms with Crippen LogP contribution in [0.2, 0.25) is 0 Å². The molecule has 5 rings (SSSR count). The summed E-state index contributed by atoms with van der Waals surface area (Å²) < 4.78 is 12.9. The largest absolute Gasteiger partial charge is 0.454 e. The van der Waals surface area contributed by atoms with Gasteiger partial charge < -0.3 is 19.1 Å². The van der Waals surface area contributed by atoms with Crippen molar-refractivity contribution in [3.63, 3.8) is 0 Å². The van der Waals surface area contributed by atoms with Crippen LogP contribution in [-0.4, -0.2) is 21.5 Å². The number of hydrogen-bond acceptors (Lipinski definition) is 5. The lowest BCUT2D eigenvalue weighted by atomic mass is 10.1. The maximum atomic E-state index is 9.78. The normalized spacial score (nSPS) is 12.6. The molecule has 146 valence electrons. The van der Waals surface area contributed by atoms with E-state index in [1.54, 1.807) is 18.0 Å². The van der Waals surface area contributed by atoms with E-state index < -0.39 is 0 Å². The molecule has 6 heteroatoms. The molecule has 0 bridgehead atoms. The first-order chi connectivity index (χ1) is 14.3. The lowest BCUT2D eigenvalue weighted by Gasteiger charge is -2.12. The number of hydrogen-bond donors (Lipinski definition) is 1. The zero-order valence-electron chi connectivity index (χ0n) is 15.7. The maximum Gasteiger partial charge on any atom is 0.231 e. The number of nitrogens with zero attached hydrogens (tertiary/aromatic N) is 2. The number of fused-ring (bicyclic) bond motifs is 2. The molecule has 0 amide bonds. The molecule has 1 N–H and O–H groups in total. The minimum atomic E-state index is -0.0492. The summed E-state index contributed by atoms with van der Waals surface area (Å²) in [5.74, 6) is 2.34. The summed E-state index contributed by atoms with van der Waals surface area (Å²) in [6.07, 6.45) is 1.75. The van der Waals surface area contributed by atoms with Crippen LogP contribution in [0.25, 0.3) is 10.8 Å². The van der Waals surface area contributed by atoms with Gasteiger partial charge in [-0.1, -0.05) is 60.3 Å². The quantitative estimate of drug-likeness (QED) is 0.476. The van der Waals surface area contributed by atoms with Gasteiger partial charge in [0, 0.05) is 5.75 Å². The Morgan fingerprint density at radius 3 is 2.79 bits per heavy atom. The van der Waals surface area contributed by atoms with Gasteiger partial charge in [0.2, 0.25) is 6.79 Å². The van der Waals surface area contributed by atoms with Crippen LogP contribution in [0.4, 0.5) is 0 Å². The highest BCUT2D eigenvalue weighted by atomic mass is 32.2. The second-order valence-corrected chi connectivity index (χ2v) is 7.83. The first-order valence-corrected chi connectivity index (χ1v) is 10.4. The first kappa shape index (κ1) is 18.1. The molecular weight excluding hydrogens is 384 g/mol. The van der Waals surface area contributed by atoms with E-state index in [9.17, 15) is 5.11 Å². The van der Waals surface area contributed by atoms with Crippen LogP contribution < -0.4 is 9.47 Å². The Morgan fingerprint density at radius 2 is 1.86 bits per heavy atom. The van der Waals surface area contributed by atoms with E-state index in [4.69, 9.17) is 9.47 Å². The minimum absolute atomic E-state index is 0.0492. The van der Waals surface area contributed by atoms with Gasteiger partial charge in [-0.05, 0) is 34.0 Å². The van der Waals surface area contributed by atoms with Gasteiger partial charge in [0.25, 0.3) is 0 Å². The van der Waals surface area contributed by atoms with Crippen molar-refractivity contribution < 1.29 is 14.6 Å². The number of thioether (sulfide) groups is 1. The van der Waals surface area contributed by atoms with Crippen molar-refractivity contribution in [1.82, 2.24) is 9.55 Å². The van der Waals surface area contributed by atoms with Gasteiger partial charge in [-0.25, -0.2) is 4.98 Å². The summed E-state index contributed by atoms with van der Waals surface area (Å²) in [4.78, 5) is 4.56. The van der Waals surface area contributed by atoms with Crippen molar-refractivity contribution in [2.24, 2.45) is 0 Å². The number of aliphatic hydroxyl groups excluding tert-OH is 1. The molecule has 0 atom stereocenters. The molecule has 1 aliphatic heterocycles. The molecule has 3 aromatic carbocycles. The van der Waals surface area contributed by atoms with E-state index in [0.717, 1.165) is 33.7 Å². The summed E-state index contributed by atoms with van der Waals surface area (Å²) in [5, 5.41) is 13.2. The molecule has 0 fully saturated rings. The van der Waals surface area contributed by atoms with Crippen LogP contribution >= 0.6 is 11.8 Å². The molecule has 0 unspecified atom stereocenters. The number of ether oxygens (including phenoxy) is 2. The maximum absolute atomic E-state index is 9.78. The topological polar surface area (TPSA) is 56.5 Å². The summed E-state index contributed by atoms with van der Waals surface area (Å²) in [5.41, 5.74) is 3.15. The molecule has 1 aromatic heterocycles. The van der Waals surface area contributed by atoms with Crippen LogP contribution in [-0.2, 0) is 18.9 Å². The van der Waals surface area contributed by atoms with E-state index in [-0.39, 0.29) is 13.4 Å². The van der Waals surface area contributed by atoms with Gasteiger partial charge in [-0.15, -0.1) is 0 Å². The zero-order chi connectivity index (χ0) is 19.6. The van der Waals surface area contributed by atoms with E-state index >= 15 is 0 Å². The number of aromatic nitrogens is 2. The molecule has 0 aliphatic carbocycles. The summed E-state index contributed by atoms with van der Waals surface area (Å²) in [7, 11) is 0. The summed E-state index contributed by atoms with van der Waals surface area (Å²) in [6, 6.07) is 20.7. The second kappa shape index (κ2) is 7.81. The smallest absolute Gasteiger partial charge is 0.231 e. The Bertz CT molecular complexity index is 1170. The van der Waals surface area contributed by atoms with Crippen molar-refractivity contribution in [2.45, 2.75) is 24.1 Å². The monoisotopic (exact) mass is 404 g/mol. The van der Waals surface area contributed by atoms with Gasteiger partial charge in [-0.2, -0.15) is 0 Å². The Balaban J connectivity index is 1.40. The third-order valence-electron chi connectivity index (χ3n) is 5.08. The summed E-state index contributed by atoms with van der Waals surface area (Å²) >= 11 is 1.68. The second-order valence-electron chi connectivity index (χ2n) is 6.89. The SMILES string of the molecule is OCc1cnc(SCc2cccc3ccccc23)n1Cc1ccc2c(c1)OCO2. The van der Waals surface area contributed by atoms with Gasteiger partial charge in [0.05, 0.1) is 25.0 Å². The highest BCUT2D eigenvalue weighted by molar-refractivity contribution is 7.98. The number of imidazole rings is 1. The van der Waals surface area contributed by atoms with Crippen LogP contribution in [0.5, 0.6) is 11.5 Å². The minimum Gasteiger partial charge on any atom is -0.454 e. The zero-order valence-corrected chi connectivity index (χ0v) is 16.6. The van der Waals surface area contributed by atoms with Gasteiger partial charge in [0.15, 0.2) is 16.7 Å². The summed E-state index contributed by atoms with van der Waals surface area (Å²) in [6.45, 7) is 0.828. The predicted molar refractivity (Wildman–Crippen MR) is 113 cm³/mol. The molecule has 4 aromatic rings. The lowest BCUT2D eigenvalue weighted by molar-refractivity contribution is 0.174. The van der Waals surface area contributed by atoms with Gasteiger partial charge in [0.1, 0.15) is 0 Å². The van der Waals surface area contributed by atoms with Crippen LogP contribution in [0, 0.1) is 0 Å². The molecule has 0 saturated carbocycles. The van der Waals surface area contributed by atoms with Crippen LogP contribution in [0.1, 0.15) is 16.8 Å². The molecule has 2 heterocycles. The van der Waals surface area contributed by atoms with Crippen molar-refractivity contribution in [1.29, 1.82) is 0 Å². The molecule has 0 radical (unpaired) electrons. The van der Waals surface area contributed by atoms with E-state index in [1.807, 2.05) is 18.2 Å². The predicted octanol–water partition coefficient (Wildman–Crippen LogP) is 4.60. The first-order valence-electron chi connectivity index (χ1n) is 9.45. The molecule has 1 aliphatic rings. The van der Waals surface area contributed by atoms with Crippen LogP contribution in [0.15, 0.2) is 72.0 Å². The number of benzene rings is 3. The fraction of sp³-hybridized carbons (Fsp3) is 0.174. The molecular formula is C23H20N2O3S. The standard InChI is InChI=1S/C23H20N2O3S/c26-13-19-11-24-23(25(19)12-16-8-9-21-22(10-16)28-15-27-21)29-14-18-6-3-5-17-4-1-2-7-20(17)18/h1-11,26H,12-15H2. The van der Waals surface area contributed by atoms with E-state index in [2.05, 4.69) is 52.0 Å². The van der Waals surface area contributed by atoms with Gasteiger partial charge >= 0.3 is 0 Å².